The lowest BCUT2D eigenvalue weighted by atomic mass is 9.89. The van der Waals surface area contributed by atoms with Crippen molar-refractivity contribution in [2.24, 2.45) is 0 Å². The second-order valence-electron chi connectivity index (χ2n) is 2.71. The second-order valence-corrected chi connectivity index (χ2v) is 2.71. The van der Waals surface area contributed by atoms with E-state index in [1.165, 1.54) is 0 Å². The molecule has 0 aromatic heterocycles. The number of alkyl halides is 5. The quantitative estimate of drug-likeness (QED) is 0.566. The van der Waals surface area contributed by atoms with Crippen molar-refractivity contribution in [2.75, 3.05) is 0 Å². The van der Waals surface area contributed by atoms with Crippen molar-refractivity contribution in [2.45, 2.75) is 37.0 Å². The van der Waals surface area contributed by atoms with E-state index in [2.05, 4.69) is 0 Å². The molecule has 72 valence electrons. The first-order valence-corrected chi connectivity index (χ1v) is 3.35. The average molecular weight is 190 g/mol. The first kappa shape index (κ1) is 9.70. The normalized spacial score (nSPS) is 55.5. The molecule has 0 aromatic carbocycles. The minimum Gasteiger partial charge on any atom is -0.387 e. The van der Waals surface area contributed by atoms with Crippen molar-refractivity contribution < 1.29 is 27.1 Å². The van der Waals surface area contributed by atoms with Crippen LogP contribution in [0, 0.1) is 0 Å². The van der Waals surface area contributed by atoms with Gasteiger partial charge in [-0.25, -0.2) is 22.0 Å². The van der Waals surface area contributed by atoms with E-state index < -0.39 is 37.0 Å². The second kappa shape index (κ2) is 3.16. The predicted molar refractivity (Wildman–Crippen MR) is 30.5 cm³/mol. The van der Waals surface area contributed by atoms with Crippen LogP contribution in [-0.2, 0) is 0 Å². The lowest BCUT2D eigenvalue weighted by Crippen LogP contribution is -2.56. The van der Waals surface area contributed by atoms with Gasteiger partial charge in [-0.3, -0.25) is 0 Å². The zero-order valence-corrected chi connectivity index (χ0v) is 5.80. The van der Waals surface area contributed by atoms with Gasteiger partial charge < -0.3 is 5.11 Å². The number of rotatable bonds is 0. The molecule has 1 saturated carbocycles. The summed E-state index contributed by atoms with van der Waals surface area (Å²) in [5, 5.41) is 8.51. The van der Waals surface area contributed by atoms with Crippen molar-refractivity contribution in [3.05, 3.63) is 0 Å². The fraction of sp³-hybridized carbons (Fsp3) is 1.00. The molecular weight excluding hydrogens is 183 g/mol. The summed E-state index contributed by atoms with van der Waals surface area (Å²) < 4.78 is 61.7. The monoisotopic (exact) mass is 190 g/mol. The summed E-state index contributed by atoms with van der Waals surface area (Å²) in [6.07, 6.45) is -16.2. The van der Waals surface area contributed by atoms with Crippen molar-refractivity contribution in [3.8, 4) is 0 Å². The number of hydrogen-bond acceptors (Lipinski definition) is 1. The summed E-state index contributed by atoms with van der Waals surface area (Å²) in [5.41, 5.74) is 0. The molecule has 0 spiro atoms. The largest absolute Gasteiger partial charge is 0.387 e. The van der Waals surface area contributed by atoms with Crippen LogP contribution < -0.4 is 0 Å². The van der Waals surface area contributed by atoms with E-state index in [0.717, 1.165) is 0 Å². The van der Waals surface area contributed by atoms with Crippen LogP contribution in [0.4, 0.5) is 22.0 Å². The number of hydrogen-bond donors (Lipinski definition) is 1. The van der Waals surface area contributed by atoms with Crippen LogP contribution in [0.25, 0.3) is 0 Å². The lowest BCUT2D eigenvalue weighted by Gasteiger charge is -2.33. The molecule has 0 aromatic rings. The zero-order valence-electron chi connectivity index (χ0n) is 5.80. The van der Waals surface area contributed by atoms with Gasteiger partial charge in [0.2, 0.25) is 0 Å². The Morgan fingerprint density at radius 3 is 1.17 bits per heavy atom. The maximum atomic E-state index is 12.4. The summed E-state index contributed by atoms with van der Waals surface area (Å²) >= 11 is 0. The Labute approximate surface area is 65.2 Å². The summed E-state index contributed by atoms with van der Waals surface area (Å²) in [6.45, 7) is 0. The molecule has 0 aliphatic heterocycles. The molecule has 2 unspecified atom stereocenters. The highest BCUT2D eigenvalue weighted by Gasteiger charge is 2.52. The third-order valence-electron chi connectivity index (χ3n) is 1.87. The van der Waals surface area contributed by atoms with Gasteiger partial charge in [0.1, 0.15) is 6.10 Å². The lowest BCUT2D eigenvalue weighted by molar-refractivity contribution is -0.124. The van der Waals surface area contributed by atoms with Gasteiger partial charge in [0.05, 0.1) is 0 Å². The highest BCUT2D eigenvalue weighted by atomic mass is 19.2. The van der Waals surface area contributed by atoms with E-state index in [0.29, 0.717) is 0 Å². The molecule has 0 saturated heterocycles. The molecule has 0 heterocycles. The number of halogens is 5. The Bertz CT molecular complexity index is 107. The Morgan fingerprint density at radius 2 is 0.833 bits per heavy atom. The topological polar surface area (TPSA) is 20.2 Å². The molecule has 6 atom stereocenters. The number of aliphatic hydroxyl groups excluding tert-OH is 1. The molecule has 1 aliphatic carbocycles. The van der Waals surface area contributed by atoms with Gasteiger partial charge in [-0.15, -0.1) is 0 Å². The Kier molecular flexibility index (Phi) is 2.55. The third kappa shape index (κ3) is 1.28. The minimum absolute atomic E-state index is 2.41. The third-order valence-corrected chi connectivity index (χ3v) is 1.87. The summed E-state index contributed by atoms with van der Waals surface area (Å²) in [7, 11) is 0. The molecule has 0 amide bonds. The first-order valence-electron chi connectivity index (χ1n) is 3.35. The summed E-state index contributed by atoms with van der Waals surface area (Å²) in [6, 6.07) is 0. The maximum Gasteiger partial charge on any atom is 0.168 e. The van der Waals surface area contributed by atoms with Crippen LogP contribution in [0.15, 0.2) is 0 Å². The highest BCUT2D eigenvalue weighted by molar-refractivity contribution is 4.99. The van der Waals surface area contributed by atoms with Gasteiger partial charge >= 0.3 is 0 Å². The van der Waals surface area contributed by atoms with E-state index in [1.807, 2.05) is 0 Å². The summed E-state index contributed by atoms with van der Waals surface area (Å²) in [5.74, 6) is 0. The van der Waals surface area contributed by atoms with Crippen molar-refractivity contribution in [1.82, 2.24) is 0 Å². The van der Waals surface area contributed by atoms with Gasteiger partial charge in [-0.05, 0) is 0 Å². The van der Waals surface area contributed by atoms with Crippen molar-refractivity contribution >= 4 is 0 Å². The Balaban J connectivity index is 2.76. The van der Waals surface area contributed by atoms with Crippen molar-refractivity contribution in [1.29, 1.82) is 0 Å². The molecule has 1 rings (SSSR count). The maximum absolute atomic E-state index is 12.4. The van der Waals surface area contributed by atoms with E-state index in [9.17, 15) is 22.0 Å². The van der Waals surface area contributed by atoms with E-state index in [-0.39, 0.29) is 0 Å². The molecule has 1 fully saturated rings. The van der Waals surface area contributed by atoms with Crippen LogP contribution in [0.5, 0.6) is 0 Å². The highest BCUT2D eigenvalue weighted by Crippen LogP contribution is 2.31. The molecule has 12 heavy (non-hydrogen) atoms. The standard InChI is InChI=1S/C6H7F5O/c7-1-2(8)4(10)6(12)5(11)3(1)9/h1-6,12H/t1?,2-,3-,4-,5+,6?/m1/s1. The Morgan fingerprint density at radius 1 is 0.583 bits per heavy atom. The summed E-state index contributed by atoms with van der Waals surface area (Å²) in [4.78, 5) is 0. The SMILES string of the molecule is OC1[C@@H](F)[C@H](F)C(F)[C@@H](F)[C@H]1F. The van der Waals surface area contributed by atoms with Gasteiger partial charge in [0.15, 0.2) is 30.9 Å². The van der Waals surface area contributed by atoms with Crippen LogP contribution in [0.1, 0.15) is 0 Å². The molecular formula is C6H7F5O. The first-order chi connectivity index (χ1) is 5.46. The van der Waals surface area contributed by atoms with E-state index in [4.69, 9.17) is 5.11 Å². The molecule has 0 bridgehead atoms. The van der Waals surface area contributed by atoms with Crippen LogP contribution >= 0.6 is 0 Å². The fourth-order valence-corrected chi connectivity index (χ4v) is 1.08. The minimum atomic E-state index is -2.83. The fourth-order valence-electron chi connectivity index (χ4n) is 1.08. The molecule has 1 N–H and O–H groups in total. The zero-order chi connectivity index (χ0) is 9.46. The van der Waals surface area contributed by atoms with Gasteiger partial charge in [-0.1, -0.05) is 0 Å². The smallest absolute Gasteiger partial charge is 0.168 e. The van der Waals surface area contributed by atoms with Gasteiger partial charge in [0, 0.05) is 0 Å². The van der Waals surface area contributed by atoms with Crippen LogP contribution in [-0.4, -0.2) is 42.1 Å². The molecule has 1 aliphatic rings. The molecule has 6 heteroatoms. The average Bonchev–Trinajstić information content (AvgIpc) is 2.08. The number of aliphatic hydroxyl groups is 1. The van der Waals surface area contributed by atoms with Gasteiger partial charge in [0.25, 0.3) is 0 Å². The van der Waals surface area contributed by atoms with Crippen LogP contribution in [0.2, 0.25) is 0 Å². The van der Waals surface area contributed by atoms with E-state index in [1.54, 1.807) is 0 Å². The predicted octanol–water partition coefficient (Wildman–Crippen LogP) is 1.05. The Hall–Kier alpha value is -0.390. The molecule has 1 nitrogen and oxygen atoms in total. The molecule has 0 radical (unpaired) electrons. The van der Waals surface area contributed by atoms with Gasteiger partial charge in [-0.2, -0.15) is 0 Å². The van der Waals surface area contributed by atoms with E-state index >= 15 is 0 Å². The van der Waals surface area contributed by atoms with Crippen molar-refractivity contribution in [3.63, 3.8) is 0 Å². The van der Waals surface area contributed by atoms with Crippen LogP contribution in [0.3, 0.4) is 0 Å².